The number of likely N-dealkylation sites (N-methyl/N-ethyl adjacent to an activating group) is 1. The van der Waals surface area contributed by atoms with E-state index in [2.05, 4.69) is 29.5 Å². The Morgan fingerprint density at radius 2 is 1.86 bits per heavy atom. The Morgan fingerprint density at radius 3 is 2.50 bits per heavy atom. The second-order valence-electron chi connectivity index (χ2n) is 5.97. The van der Waals surface area contributed by atoms with Crippen LogP contribution in [0.2, 0.25) is 0 Å². The summed E-state index contributed by atoms with van der Waals surface area (Å²) in [5, 5.41) is 0. The average molecular weight is 415 g/mol. The summed E-state index contributed by atoms with van der Waals surface area (Å²) in [6, 6.07) is 7.48. The van der Waals surface area contributed by atoms with Crippen molar-refractivity contribution >= 4 is 34.5 Å². The molecule has 2 rings (SSSR count). The fourth-order valence-electron chi connectivity index (χ4n) is 2.77. The molecule has 0 spiro atoms. The zero-order chi connectivity index (χ0) is 16.1. The second-order valence-corrected chi connectivity index (χ2v) is 7.14. The van der Waals surface area contributed by atoms with Gasteiger partial charge >= 0.3 is 5.97 Å². The van der Waals surface area contributed by atoms with Gasteiger partial charge in [0, 0.05) is 16.7 Å². The Morgan fingerprint density at radius 1 is 1.23 bits per heavy atom. The third kappa shape index (κ3) is 4.44. The predicted molar refractivity (Wildman–Crippen MR) is 93.6 cm³/mol. The molecule has 1 aliphatic rings. The van der Waals surface area contributed by atoms with E-state index in [-0.39, 0.29) is 18.6 Å². The third-order valence-corrected chi connectivity index (χ3v) is 5.29. The minimum absolute atomic E-state index is 0.126. The first-order valence-electron chi connectivity index (χ1n) is 7.66. The molecule has 0 N–H and O–H groups in total. The van der Waals surface area contributed by atoms with Crippen molar-refractivity contribution in [2.75, 3.05) is 13.7 Å². The first-order chi connectivity index (χ1) is 10.5. The van der Waals surface area contributed by atoms with Crippen LogP contribution in [0.1, 0.15) is 43.0 Å². The average Bonchev–Trinajstić information content (AvgIpc) is 2.52. The molecule has 5 heteroatoms. The molecule has 1 aromatic rings. The Labute approximate surface area is 145 Å². The van der Waals surface area contributed by atoms with Gasteiger partial charge in [0.25, 0.3) is 5.91 Å². The fraction of sp³-hybridized carbons (Fsp3) is 0.529. The molecule has 0 unspecified atom stereocenters. The van der Waals surface area contributed by atoms with Gasteiger partial charge in [-0.3, -0.25) is 4.79 Å². The van der Waals surface area contributed by atoms with E-state index in [1.165, 1.54) is 0 Å². The standard InChI is InChI=1S/C17H22INO3/c1-12-7-9-13(10-8-12)19(2)16(20)11-22-17(21)14-5-3-4-6-15(14)18/h3-6,12-13H,7-11H2,1-2H3. The first-order valence-corrected chi connectivity index (χ1v) is 8.74. The van der Waals surface area contributed by atoms with Crippen LogP contribution in [0.3, 0.4) is 0 Å². The van der Waals surface area contributed by atoms with Gasteiger partial charge in [-0.05, 0) is 66.3 Å². The van der Waals surface area contributed by atoms with E-state index >= 15 is 0 Å². The van der Waals surface area contributed by atoms with Crippen LogP contribution in [0.15, 0.2) is 24.3 Å². The summed E-state index contributed by atoms with van der Waals surface area (Å²) in [5.74, 6) is 0.181. The lowest BCUT2D eigenvalue weighted by atomic mass is 9.87. The van der Waals surface area contributed by atoms with E-state index in [0.29, 0.717) is 5.56 Å². The summed E-state index contributed by atoms with van der Waals surface area (Å²) in [6.45, 7) is 2.06. The number of rotatable bonds is 4. The Hall–Kier alpha value is -1.11. The van der Waals surface area contributed by atoms with E-state index in [1.807, 2.05) is 19.2 Å². The molecular weight excluding hydrogens is 393 g/mol. The lowest BCUT2D eigenvalue weighted by Crippen LogP contribution is -2.41. The zero-order valence-electron chi connectivity index (χ0n) is 13.0. The maximum absolute atomic E-state index is 12.2. The number of halogens is 1. The predicted octanol–water partition coefficient (Wildman–Crippen LogP) is 3.49. The lowest BCUT2D eigenvalue weighted by molar-refractivity contribution is -0.136. The molecular formula is C17H22INO3. The van der Waals surface area contributed by atoms with Crippen LogP contribution in [-0.2, 0) is 9.53 Å². The van der Waals surface area contributed by atoms with E-state index < -0.39 is 5.97 Å². The van der Waals surface area contributed by atoms with Gasteiger partial charge in [-0.1, -0.05) is 19.1 Å². The molecule has 1 aromatic carbocycles. The monoisotopic (exact) mass is 415 g/mol. The molecule has 1 aliphatic carbocycles. The minimum atomic E-state index is -0.441. The van der Waals surface area contributed by atoms with Crippen LogP contribution < -0.4 is 0 Å². The summed E-state index contributed by atoms with van der Waals surface area (Å²) in [6.07, 6.45) is 4.39. The van der Waals surface area contributed by atoms with E-state index in [1.54, 1.807) is 17.0 Å². The van der Waals surface area contributed by atoms with Crippen molar-refractivity contribution in [3.05, 3.63) is 33.4 Å². The van der Waals surface area contributed by atoms with Crippen molar-refractivity contribution in [1.82, 2.24) is 4.90 Å². The maximum atomic E-state index is 12.2. The first kappa shape index (κ1) is 17.2. The molecule has 0 heterocycles. The van der Waals surface area contributed by atoms with Crippen molar-refractivity contribution < 1.29 is 14.3 Å². The Balaban J connectivity index is 1.84. The summed E-state index contributed by atoms with van der Waals surface area (Å²) in [4.78, 5) is 26.0. The molecule has 1 amide bonds. The SMILES string of the molecule is CC1CCC(N(C)C(=O)COC(=O)c2ccccc2I)CC1. The number of carbonyl (C=O) groups excluding carboxylic acids is 2. The number of hydrogen-bond donors (Lipinski definition) is 0. The molecule has 1 saturated carbocycles. The highest BCUT2D eigenvalue weighted by Crippen LogP contribution is 2.26. The lowest BCUT2D eigenvalue weighted by Gasteiger charge is -2.33. The number of nitrogens with zero attached hydrogens (tertiary/aromatic N) is 1. The largest absolute Gasteiger partial charge is 0.452 e. The van der Waals surface area contributed by atoms with Gasteiger partial charge in [0.05, 0.1) is 5.56 Å². The van der Waals surface area contributed by atoms with Crippen LogP contribution >= 0.6 is 22.6 Å². The highest BCUT2D eigenvalue weighted by molar-refractivity contribution is 14.1. The van der Waals surface area contributed by atoms with Gasteiger partial charge in [-0.2, -0.15) is 0 Å². The highest BCUT2D eigenvalue weighted by Gasteiger charge is 2.25. The number of benzene rings is 1. The molecule has 0 aliphatic heterocycles. The van der Waals surface area contributed by atoms with Gasteiger partial charge in [-0.15, -0.1) is 0 Å². The van der Waals surface area contributed by atoms with Gasteiger partial charge in [0.1, 0.15) is 0 Å². The van der Waals surface area contributed by atoms with Gasteiger partial charge in [-0.25, -0.2) is 4.79 Å². The van der Waals surface area contributed by atoms with Gasteiger partial charge in [0.2, 0.25) is 0 Å². The van der Waals surface area contributed by atoms with E-state index in [9.17, 15) is 9.59 Å². The van der Waals surface area contributed by atoms with Crippen LogP contribution in [0.25, 0.3) is 0 Å². The van der Waals surface area contributed by atoms with Crippen LogP contribution in [0.4, 0.5) is 0 Å². The van der Waals surface area contributed by atoms with Crippen molar-refractivity contribution in [3.63, 3.8) is 0 Å². The van der Waals surface area contributed by atoms with Crippen molar-refractivity contribution in [2.45, 2.75) is 38.6 Å². The fourth-order valence-corrected chi connectivity index (χ4v) is 3.37. The topological polar surface area (TPSA) is 46.6 Å². The molecule has 4 nitrogen and oxygen atoms in total. The number of hydrogen-bond acceptors (Lipinski definition) is 3. The zero-order valence-corrected chi connectivity index (χ0v) is 15.2. The van der Waals surface area contributed by atoms with Gasteiger partial charge in [0.15, 0.2) is 6.61 Å². The molecule has 1 fully saturated rings. The van der Waals surface area contributed by atoms with Crippen LogP contribution in [0, 0.1) is 9.49 Å². The molecule has 0 bridgehead atoms. The van der Waals surface area contributed by atoms with Crippen molar-refractivity contribution in [3.8, 4) is 0 Å². The number of ether oxygens (including phenoxy) is 1. The smallest absolute Gasteiger partial charge is 0.339 e. The van der Waals surface area contributed by atoms with Crippen LogP contribution in [-0.4, -0.2) is 36.5 Å². The summed E-state index contributed by atoms with van der Waals surface area (Å²) in [7, 11) is 1.81. The summed E-state index contributed by atoms with van der Waals surface area (Å²) >= 11 is 2.09. The molecule has 120 valence electrons. The van der Waals surface area contributed by atoms with Crippen molar-refractivity contribution in [2.24, 2.45) is 5.92 Å². The normalized spacial score (nSPS) is 21.2. The van der Waals surface area contributed by atoms with Gasteiger partial charge < -0.3 is 9.64 Å². The number of esters is 1. The quantitative estimate of drug-likeness (QED) is 0.559. The molecule has 0 atom stereocenters. The van der Waals surface area contributed by atoms with E-state index in [4.69, 9.17) is 4.74 Å². The Kier molecular flexibility index (Phi) is 6.23. The number of carbonyl (C=O) groups is 2. The molecule has 0 aromatic heterocycles. The maximum Gasteiger partial charge on any atom is 0.339 e. The molecule has 22 heavy (non-hydrogen) atoms. The summed E-state index contributed by atoms with van der Waals surface area (Å²) < 4.78 is 5.99. The third-order valence-electron chi connectivity index (χ3n) is 4.35. The Bertz CT molecular complexity index is 538. The molecule has 0 radical (unpaired) electrons. The highest BCUT2D eigenvalue weighted by atomic mass is 127. The number of amides is 1. The van der Waals surface area contributed by atoms with Crippen LogP contribution in [0.5, 0.6) is 0 Å². The van der Waals surface area contributed by atoms with Crippen molar-refractivity contribution in [1.29, 1.82) is 0 Å². The van der Waals surface area contributed by atoms with E-state index in [0.717, 1.165) is 35.2 Å². The minimum Gasteiger partial charge on any atom is -0.452 e. The summed E-state index contributed by atoms with van der Waals surface area (Å²) in [5.41, 5.74) is 0.505. The second kappa shape index (κ2) is 7.94. The molecule has 0 saturated heterocycles.